The van der Waals surface area contributed by atoms with Gasteiger partial charge in [-0.05, 0) is 44.1 Å². The van der Waals surface area contributed by atoms with Crippen molar-refractivity contribution >= 4 is 27.9 Å². The average Bonchev–Trinajstić information content (AvgIpc) is 2.38. The summed E-state index contributed by atoms with van der Waals surface area (Å²) >= 11 is 1.73. The van der Waals surface area contributed by atoms with Gasteiger partial charge in [-0.1, -0.05) is 0 Å². The highest BCUT2D eigenvalue weighted by Crippen LogP contribution is 2.19. The summed E-state index contributed by atoms with van der Waals surface area (Å²) in [7, 11) is -3.67. The predicted octanol–water partition coefficient (Wildman–Crippen LogP) is 0.903. The van der Waals surface area contributed by atoms with Gasteiger partial charge in [-0.3, -0.25) is 4.79 Å². The number of unbranched alkanes of at least 4 members (excludes halogenated alkanes) is 1. The first-order valence-electron chi connectivity index (χ1n) is 6.47. The van der Waals surface area contributed by atoms with Crippen LogP contribution in [0.3, 0.4) is 0 Å². The molecule has 1 aliphatic heterocycles. The molecule has 0 aromatic carbocycles. The molecule has 0 saturated carbocycles. The average molecular weight is 310 g/mol. The summed E-state index contributed by atoms with van der Waals surface area (Å²) in [5.41, 5.74) is 0. The van der Waals surface area contributed by atoms with Gasteiger partial charge in [0.25, 0.3) is 10.2 Å². The van der Waals surface area contributed by atoms with Crippen molar-refractivity contribution in [2.24, 2.45) is 0 Å². The number of piperidine rings is 1. The highest BCUT2D eigenvalue weighted by molar-refractivity contribution is 7.98. The van der Waals surface area contributed by atoms with Crippen LogP contribution in [0.15, 0.2) is 0 Å². The first kappa shape index (κ1) is 16.7. The van der Waals surface area contributed by atoms with Gasteiger partial charge in [0.05, 0.1) is 0 Å². The molecule has 1 aliphatic rings. The number of nitrogens with zero attached hydrogens (tertiary/aromatic N) is 1. The van der Waals surface area contributed by atoms with Crippen LogP contribution in [0.1, 0.15) is 32.1 Å². The Bertz CT molecular complexity index is 386. The van der Waals surface area contributed by atoms with Crippen molar-refractivity contribution in [3.8, 4) is 0 Å². The van der Waals surface area contributed by atoms with Crippen molar-refractivity contribution < 1.29 is 18.3 Å². The van der Waals surface area contributed by atoms with Gasteiger partial charge in [-0.2, -0.15) is 24.5 Å². The predicted molar refractivity (Wildman–Crippen MR) is 76.5 cm³/mol. The van der Waals surface area contributed by atoms with Crippen LogP contribution >= 0.6 is 11.8 Å². The number of hydrogen-bond donors (Lipinski definition) is 2. The molecule has 1 unspecified atom stereocenters. The fourth-order valence-corrected chi connectivity index (χ4v) is 4.06. The molecule has 1 rings (SSSR count). The topological polar surface area (TPSA) is 86.7 Å². The number of rotatable bonds is 8. The second kappa shape index (κ2) is 8.08. The standard InChI is InChI=1S/C11H22N2O4S2/c1-18-9-5-3-7-12-19(16,17)13-8-4-2-6-10(13)11(14)15/h10,12H,2-9H2,1H3,(H,14,15). The smallest absolute Gasteiger partial charge is 0.322 e. The number of carbonyl (C=O) groups is 1. The third-order valence-corrected chi connectivity index (χ3v) is 5.43. The largest absolute Gasteiger partial charge is 0.480 e. The van der Waals surface area contributed by atoms with E-state index in [0.29, 0.717) is 13.0 Å². The lowest BCUT2D eigenvalue weighted by Gasteiger charge is -2.31. The van der Waals surface area contributed by atoms with Crippen molar-refractivity contribution in [2.75, 3.05) is 25.1 Å². The molecule has 1 fully saturated rings. The lowest BCUT2D eigenvalue weighted by molar-refractivity contribution is -0.142. The minimum Gasteiger partial charge on any atom is -0.480 e. The van der Waals surface area contributed by atoms with Gasteiger partial charge < -0.3 is 5.11 Å². The third kappa shape index (κ3) is 5.29. The molecule has 0 aromatic rings. The lowest BCUT2D eigenvalue weighted by atomic mass is 10.1. The Morgan fingerprint density at radius 3 is 2.79 bits per heavy atom. The summed E-state index contributed by atoms with van der Waals surface area (Å²) in [5.74, 6) is -0.0594. The Labute approximate surface area is 119 Å². The van der Waals surface area contributed by atoms with E-state index in [9.17, 15) is 13.2 Å². The van der Waals surface area contributed by atoms with Crippen LogP contribution < -0.4 is 4.72 Å². The molecule has 112 valence electrons. The quantitative estimate of drug-likeness (QED) is 0.651. The van der Waals surface area contributed by atoms with Gasteiger partial charge in [-0.25, -0.2) is 4.72 Å². The Morgan fingerprint density at radius 1 is 1.42 bits per heavy atom. The summed E-state index contributed by atoms with van der Waals surface area (Å²) in [4.78, 5) is 11.1. The van der Waals surface area contributed by atoms with E-state index in [0.717, 1.165) is 35.7 Å². The molecule has 0 aromatic heterocycles. The van der Waals surface area contributed by atoms with Crippen LogP contribution in [0, 0.1) is 0 Å². The Hall–Kier alpha value is -0.310. The second-order valence-corrected chi connectivity index (χ2v) is 7.25. The number of hydrogen-bond acceptors (Lipinski definition) is 4. The highest BCUT2D eigenvalue weighted by atomic mass is 32.2. The van der Waals surface area contributed by atoms with Crippen LogP contribution in [0.4, 0.5) is 0 Å². The van der Waals surface area contributed by atoms with Gasteiger partial charge in [-0.15, -0.1) is 0 Å². The van der Waals surface area contributed by atoms with Crippen LogP contribution in [0.25, 0.3) is 0 Å². The number of aliphatic carboxylic acids is 1. The minimum absolute atomic E-state index is 0.289. The molecule has 0 radical (unpaired) electrons. The van der Waals surface area contributed by atoms with E-state index in [2.05, 4.69) is 4.72 Å². The van der Waals surface area contributed by atoms with Gasteiger partial charge in [0.15, 0.2) is 0 Å². The molecule has 2 N–H and O–H groups in total. The lowest BCUT2D eigenvalue weighted by Crippen LogP contribution is -2.52. The van der Waals surface area contributed by atoms with Crippen molar-refractivity contribution in [3.05, 3.63) is 0 Å². The van der Waals surface area contributed by atoms with Crippen LogP contribution in [-0.2, 0) is 15.0 Å². The van der Waals surface area contributed by atoms with Crippen molar-refractivity contribution in [2.45, 2.75) is 38.1 Å². The van der Waals surface area contributed by atoms with E-state index in [1.165, 1.54) is 0 Å². The van der Waals surface area contributed by atoms with E-state index >= 15 is 0 Å². The van der Waals surface area contributed by atoms with E-state index in [1.807, 2.05) is 6.26 Å². The molecular weight excluding hydrogens is 288 g/mol. The van der Waals surface area contributed by atoms with Crippen LogP contribution in [-0.4, -0.2) is 54.9 Å². The molecule has 1 heterocycles. The SMILES string of the molecule is CSCCCCNS(=O)(=O)N1CCCCC1C(=O)O. The van der Waals surface area contributed by atoms with Gasteiger partial charge in [0.1, 0.15) is 6.04 Å². The first-order chi connectivity index (χ1) is 8.99. The number of nitrogens with one attached hydrogen (secondary N) is 1. The molecule has 0 amide bonds. The molecule has 0 spiro atoms. The Kier molecular flexibility index (Phi) is 7.12. The Morgan fingerprint density at radius 2 is 2.16 bits per heavy atom. The van der Waals surface area contributed by atoms with E-state index in [4.69, 9.17) is 5.11 Å². The molecule has 0 aliphatic carbocycles. The van der Waals surface area contributed by atoms with Gasteiger partial charge in [0.2, 0.25) is 0 Å². The van der Waals surface area contributed by atoms with E-state index < -0.39 is 22.2 Å². The fraction of sp³-hybridized carbons (Fsp3) is 0.909. The third-order valence-electron chi connectivity index (χ3n) is 3.11. The summed E-state index contributed by atoms with van der Waals surface area (Å²) in [5, 5.41) is 9.08. The molecule has 1 saturated heterocycles. The minimum atomic E-state index is -3.67. The van der Waals surface area contributed by atoms with Gasteiger partial charge >= 0.3 is 5.97 Å². The summed E-state index contributed by atoms with van der Waals surface area (Å²) in [6.45, 7) is 0.656. The van der Waals surface area contributed by atoms with E-state index in [-0.39, 0.29) is 6.54 Å². The van der Waals surface area contributed by atoms with Crippen molar-refractivity contribution in [3.63, 3.8) is 0 Å². The van der Waals surface area contributed by atoms with E-state index in [1.54, 1.807) is 11.8 Å². The van der Waals surface area contributed by atoms with Crippen molar-refractivity contribution in [1.82, 2.24) is 9.03 Å². The van der Waals surface area contributed by atoms with Crippen LogP contribution in [0.5, 0.6) is 0 Å². The molecular formula is C11H22N2O4S2. The molecule has 1 atom stereocenters. The van der Waals surface area contributed by atoms with Crippen LogP contribution in [0.2, 0.25) is 0 Å². The zero-order valence-corrected chi connectivity index (χ0v) is 12.8. The molecule has 8 heteroatoms. The zero-order chi connectivity index (χ0) is 14.3. The molecule has 6 nitrogen and oxygen atoms in total. The second-order valence-electron chi connectivity index (χ2n) is 4.56. The maximum absolute atomic E-state index is 12.1. The number of thioether (sulfide) groups is 1. The monoisotopic (exact) mass is 310 g/mol. The maximum atomic E-state index is 12.1. The molecule has 0 bridgehead atoms. The maximum Gasteiger partial charge on any atom is 0.322 e. The normalized spacial score (nSPS) is 21.4. The highest BCUT2D eigenvalue weighted by Gasteiger charge is 2.36. The zero-order valence-electron chi connectivity index (χ0n) is 11.2. The summed E-state index contributed by atoms with van der Waals surface area (Å²) in [6, 6.07) is -0.919. The number of carboxylic acids is 1. The fourth-order valence-electron chi connectivity index (χ4n) is 2.09. The number of carboxylic acid groups (broad SMARTS) is 1. The molecule has 19 heavy (non-hydrogen) atoms. The first-order valence-corrected chi connectivity index (χ1v) is 9.30. The summed E-state index contributed by atoms with van der Waals surface area (Å²) < 4.78 is 27.7. The van der Waals surface area contributed by atoms with Gasteiger partial charge in [0, 0.05) is 13.1 Å². The summed E-state index contributed by atoms with van der Waals surface area (Å²) in [6.07, 6.45) is 5.60. The van der Waals surface area contributed by atoms with Crippen molar-refractivity contribution in [1.29, 1.82) is 0 Å². The Balaban J connectivity index is 2.52.